The Morgan fingerprint density at radius 3 is 2.50 bits per heavy atom. The summed E-state index contributed by atoms with van der Waals surface area (Å²) in [4.78, 5) is 8.37. The second kappa shape index (κ2) is 6.64. The lowest BCUT2D eigenvalue weighted by Gasteiger charge is -2.12. The third kappa shape index (κ3) is 3.76. The molecule has 0 radical (unpaired) electrons. The Hall–Kier alpha value is -2.35. The molecule has 0 atom stereocenters. The average Bonchev–Trinajstić information content (AvgIpc) is 2.85. The Labute approximate surface area is 141 Å². The van der Waals surface area contributed by atoms with Gasteiger partial charge in [0.15, 0.2) is 5.82 Å². The monoisotopic (exact) mass is 357 g/mol. The summed E-state index contributed by atoms with van der Waals surface area (Å²) in [6, 6.07) is 0. The van der Waals surface area contributed by atoms with E-state index in [9.17, 15) is 13.2 Å². The Morgan fingerprint density at radius 1 is 1.25 bits per heavy atom. The first kappa shape index (κ1) is 18.0. The van der Waals surface area contributed by atoms with E-state index in [0.717, 1.165) is 6.08 Å². The number of hydrogen-bond donors (Lipinski definition) is 1. The third-order valence-electron chi connectivity index (χ3n) is 3.10. The van der Waals surface area contributed by atoms with Crippen LogP contribution < -0.4 is 5.32 Å². The maximum atomic E-state index is 12.5. The van der Waals surface area contributed by atoms with Crippen molar-refractivity contribution in [3.63, 3.8) is 0 Å². The van der Waals surface area contributed by atoms with E-state index < -0.39 is 11.7 Å². The van der Waals surface area contributed by atoms with Crippen LogP contribution in [-0.4, -0.2) is 25.8 Å². The fraction of sp³-hybridized carbons (Fsp3) is 0.267. The van der Waals surface area contributed by atoms with Crippen LogP contribution in [0.3, 0.4) is 0 Å². The van der Waals surface area contributed by atoms with E-state index in [1.165, 1.54) is 10.6 Å². The number of hydrogen-bond acceptors (Lipinski definition) is 4. The van der Waals surface area contributed by atoms with Crippen LogP contribution in [0, 0.1) is 13.8 Å². The molecule has 0 aliphatic carbocycles. The van der Waals surface area contributed by atoms with Crippen LogP contribution in [0.1, 0.15) is 18.4 Å². The lowest BCUT2D eigenvalue weighted by molar-refractivity contribution is -0.0878. The highest BCUT2D eigenvalue weighted by molar-refractivity contribution is 6.33. The van der Waals surface area contributed by atoms with E-state index >= 15 is 0 Å². The summed E-state index contributed by atoms with van der Waals surface area (Å²) in [6.07, 6.45) is -0.732. The molecule has 128 valence electrons. The topological polar surface area (TPSA) is 55.1 Å². The Bertz CT molecular complexity index is 849. The number of anilines is 1. The predicted molar refractivity (Wildman–Crippen MR) is 87.0 cm³/mol. The minimum Gasteiger partial charge on any atom is -0.339 e. The van der Waals surface area contributed by atoms with Gasteiger partial charge >= 0.3 is 6.18 Å². The largest absolute Gasteiger partial charge is 0.415 e. The summed E-state index contributed by atoms with van der Waals surface area (Å²) < 4.78 is 39.0. The van der Waals surface area contributed by atoms with Crippen LogP contribution in [0.25, 0.3) is 5.78 Å². The van der Waals surface area contributed by atoms with Gasteiger partial charge in [-0.15, -0.1) is 5.10 Å². The molecule has 0 aliphatic rings. The average molecular weight is 358 g/mol. The van der Waals surface area contributed by atoms with E-state index in [2.05, 4.69) is 27.0 Å². The highest BCUT2D eigenvalue weighted by Gasteiger charge is 2.29. The van der Waals surface area contributed by atoms with Gasteiger partial charge in [0.2, 0.25) is 0 Å². The van der Waals surface area contributed by atoms with Crippen molar-refractivity contribution in [1.29, 1.82) is 0 Å². The van der Waals surface area contributed by atoms with Gasteiger partial charge in [-0.25, -0.2) is 4.98 Å². The summed E-state index contributed by atoms with van der Waals surface area (Å²) in [7, 11) is 0. The molecule has 9 heteroatoms. The molecule has 2 heterocycles. The van der Waals surface area contributed by atoms with Gasteiger partial charge in [0.1, 0.15) is 10.8 Å². The molecule has 0 unspecified atom stereocenters. The first-order chi connectivity index (χ1) is 11.1. The minimum absolute atomic E-state index is 0.301. The van der Waals surface area contributed by atoms with Crippen LogP contribution in [0.15, 0.2) is 36.1 Å². The molecule has 2 aromatic heterocycles. The first-order valence-corrected chi connectivity index (χ1v) is 7.28. The highest BCUT2D eigenvalue weighted by Crippen LogP contribution is 2.28. The Balaban J connectivity index is 2.39. The number of nitrogens with zero attached hydrogens (tertiary/aromatic N) is 4. The van der Waals surface area contributed by atoms with Gasteiger partial charge in [0, 0.05) is 11.3 Å². The highest BCUT2D eigenvalue weighted by atomic mass is 35.5. The first-order valence-electron chi connectivity index (χ1n) is 6.90. The number of nitrogens with one attached hydrogen (secondary N) is 1. The van der Waals surface area contributed by atoms with E-state index in [4.69, 9.17) is 11.6 Å². The van der Waals surface area contributed by atoms with Crippen molar-refractivity contribution < 1.29 is 13.2 Å². The molecule has 0 saturated heterocycles. The Kier molecular flexibility index (Phi) is 4.98. The number of allylic oxidation sites excluding steroid dienone is 4. The van der Waals surface area contributed by atoms with Gasteiger partial charge in [-0.05, 0) is 32.9 Å². The fourth-order valence-corrected chi connectivity index (χ4v) is 2.00. The quantitative estimate of drug-likeness (QED) is 0.825. The lowest BCUT2D eigenvalue weighted by Crippen LogP contribution is -2.10. The zero-order valence-corrected chi connectivity index (χ0v) is 14.0. The fourth-order valence-electron chi connectivity index (χ4n) is 1.83. The SMILES string of the molecule is C=C(/C=C\C(=C/C)Nc1c(Cl)c(C)nc2nc(C)nn12)C(F)(F)F. The zero-order chi connectivity index (χ0) is 18.1. The van der Waals surface area contributed by atoms with Gasteiger partial charge in [0.05, 0.1) is 5.69 Å². The van der Waals surface area contributed by atoms with Crippen molar-refractivity contribution in [1.82, 2.24) is 19.6 Å². The summed E-state index contributed by atoms with van der Waals surface area (Å²) in [5.74, 6) is 1.21. The van der Waals surface area contributed by atoms with E-state index in [-0.39, 0.29) is 0 Å². The van der Waals surface area contributed by atoms with Gasteiger partial charge in [-0.3, -0.25) is 0 Å². The predicted octanol–water partition coefficient (Wildman–Crippen LogP) is 4.38. The second-order valence-electron chi connectivity index (χ2n) is 4.96. The molecular weight excluding hydrogens is 343 g/mol. The molecule has 1 N–H and O–H groups in total. The number of aryl methyl sites for hydroxylation is 2. The molecular formula is C15H15ClF3N5. The van der Waals surface area contributed by atoms with Gasteiger partial charge < -0.3 is 5.32 Å². The molecule has 0 aliphatic heterocycles. The zero-order valence-electron chi connectivity index (χ0n) is 13.2. The smallest absolute Gasteiger partial charge is 0.339 e. The van der Waals surface area contributed by atoms with E-state index in [0.29, 0.717) is 33.8 Å². The molecule has 2 aromatic rings. The molecule has 0 saturated carbocycles. The van der Waals surface area contributed by atoms with Crippen molar-refractivity contribution in [2.24, 2.45) is 0 Å². The van der Waals surface area contributed by atoms with Gasteiger partial charge in [-0.2, -0.15) is 22.7 Å². The number of halogens is 4. The molecule has 0 fully saturated rings. The Morgan fingerprint density at radius 2 is 1.92 bits per heavy atom. The molecule has 0 bridgehead atoms. The van der Waals surface area contributed by atoms with Crippen LogP contribution in [0.5, 0.6) is 0 Å². The maximum absolute atomic E-state index is 12.5. The maximum Gasteiger partial charge on any atom is 0.415 e. The summed E-state index contributed by atoms with van der Waals surface area (Å²) in [5, 5.41) is 7.44. The van der Waals surface area contributed by atoms with Crippen molar-refractivity contribution in [2.45, 2.75) is 26.9 Å². The summed E-state index contributed by atoms with van der Waals surface area (Å²) >= 11 is 6.26. The molecule has 0 spiro atoms. The van der Waals surface area contributed by atoms with E-state index in [1.54, 1.807) is 26.8 Å². The number of rotatable bonds is 4. The van der Waals surface area contributed by atoms with Crippen LogP contribution in [0.2, 0.25) is 5.02 Å². The van der Waals surface area contributed by atoms with Crippen molar-refractivity contribution in [2.75, 3.05) is 5.32 Å². The second-order valence-corrected chi connectivity index (χ2v) is 5.33. The van der Waals surface area contributed by atoms with Crippen LogP contribution in [-0.2, 0) is 0 Å². The normalized spacial score (nSPS) is 13.0. The number of alkyl halides is 3. The summed E-state index contributed by atoms with van der Waals surface area (Å²) in [5.41, 5.74) is -0.0389. The van der Waals surface area contributed by atoms with Crippen molar-refractivity contribution in [3.8, 4) is 0 Å². The third-order valence-corrected chi connectivity index (χ3v) is 3.56. The molecule has 2 rings (SSSR count). The minimum atomic E-state index is -4.48. The molecule has 24 heavy (non-hydrogen) atoms. The number of fused-ring (bicyclic) bond motifs is 1. The number of aromatic nitrogens is 4. The molecule has 5 nitrogen and oxygen atoms in total. The van der Waals surface area contributed by atoms with Gasteiger partial charge in [0.25, 0.3) is 5.78 Å². The van der Waals surface area contributed by atoms with Crippen molar-refractivity contribution >= 4 is 23.2 Å². The van der Waals surface area contributed by atoms with Gasteiger partial charge in [-0.1, -0.05) is 24.3 Å². The van der Waals surface area contributed by atoms with Crippen LogP contribution in [0.4, 0.5) is 19.0 Å². The van der Waals surface area contributed by atoms with Crippen molar-refractivity contribution in [3.05, 3.63) is 52.6 Å². The molecule has 0 aromatic carbocycles. The molecule has 0 amide bonds. The summed E-state index contributed by atoms with van der Waals surface area (Å²) in [6.45, 7) is 8.07. The standard InChI is InChI=1S/C15H15ClF3N5/c1-5-11(7-6-8(2)15(17,18)19)22-13-12(16)9(3)20-14-21-10(4)23-24(13)14/h5-7,22H,2H2,1,3-4H3/b7-6-,11-5+. The van der Waals surface area contributed by atoms with E-state index in [1.807, 2.05) is 0 Å². The van der Waals surface area contributed by atoms with Crippen LogP contribution >= 0.6 is 11.6 Å². The lowest BCUT2D eigenvalue weighted by atomic mass is 10.2.